The summed E-state index contributed by atoms with van der Waals surface area (Å²) in [6, 6.07) is 4.58. The third kappa shape index (κ3) is 5.38. The van der Waals surface area contributed by atoms with Crippen LogP contribution in [0.3, 0.4) is 0 Å². The molecule has 1 N–H and O–H groups in total. The molecule has 128 valence electrons. The number of benzene rings is 1. The van der Waals surface area contributed by atoms with E-state index in [0.29, 0.717) is 5.75 Å². The molecule has 2 aromatic rings. The molecule has 1 amide bonds. The van der Waals surface area contributed by atoms with Crippen LogP contribution in [0.25, 0.3) is 0 Å². The topological polar surface area (TPSA) is 54.9 Å². The van der Waals surface area contributed by atoms with Crippen LogP contribution in [0.2, 0.25) is 5.02 Å². The van der Waals surface area contributed by atoms with Crippen LogP contribution in [-0.2, 0) is 11.0 Å². The first-order valence-corrected chi connectivity index (χ1v) is 8.20. The average Bonchev–Trinajstić information content (AvgIpc) is 2.48. The van der Waals surface area contributed by atoms with Gasteiger partial charge in [-0.25, -0.2) is 9.97 Å². The monoisotopic (exact) mass is 375 g/mol. The predicted octanol–water partition coefficient (Wildman–Crippen LogP) is 4.58. The van der Waals surface area contributed by atoms with Gasteiger partial charge in [0.15, 0.2) is 0 Å². The molecule has 0 saturated heterocycles. The number of hydrogen-bond acceptors (Lipinski definition) is 4. The summed E-state index contributed by atoms with van der Waals surface area (Å²) in [5.41, 5.74) is -0.111. The molecule has 2 rings (SSSR count). The highest BCUT2D eigenvalue weighted by atomic mass is 35.5. The van der Waals surface area contributed by atoms with Gasteiger partial charge in [-0.3, -0.25) is 4.79 Å². The molecule has 1 aromatic carbocycles. The smallest absolute Gasteiger partial charge is 0.325 e. The summed E-state index contributed by atoms with van der Waals surface area (Å²) in [5.74, 6) is 0.00767. The Morgan fingerprint density at radius 1 is 1.29 bits per heavy atom. The van der Waals surface area contributed by atoms with E-state index in [0.717, 1.165) is 28.9 Å². The van der Waals surface area contributed by atoms with Gasteiger partial charge in [-0.2, -0.15) is 13.2 Å². The molecule has 0 spiro atoms. The maximum absolute atomic E-state index is 12.7. The highest BCUT2D eigenvalue weighted by Crippen LogP contribution is 2.33. The Morgan fingerprint density at radius 2 is 2.04 bits per heavy atom. The number of rotatable bonds is 5. The standard InChI is InChI=1S/C15H13ClF3N3OS/c1-9-6-14(21-8-20-9)24-5-4-13(23)22-12-7-10(15(17,18)19)2-3-11(12)16/h2-3,6-8H,4-5H2,1H3,(H,22,23). The molecule has 0 atom stereocenters. The zero-order valence-corrected chi connectivity index (χ0v) is 14.1. The number of thioether (sulfide) groups is 1. The molecule has 4 nitrogen and oxygen atoms in total. The minimum atomic E-state index is -4.50. The minimum absolute atomic E-state index is 0.0513. The number of nitrogens with one attached hydrogen (secondary N) is 1. The fourth-order valence-corrected chi connectivity index (χ4v) is 2.80. The van der Waals surface area contributed by atoms with Crippen molar-refractivity contribution in [3.8, 4) is 0 Å². The van der Waals surface area contributed by atoms with Crippen molar-refractivity contribution in [3.05, 3.63) is 46.9 Å². The van der Waals surface area contributed by atoms with E-state index in [4.69, 9.17) is 11.6 Å². The summed E-state index contributed by atoms with van der Waals surface area (Å²) in [7, 11) is 0. The van der Waals surface area contributed by atoms with E-state index in [1.165, 1.54) is 18.1 Å². The number of halogens is 4. The largest absolute Gasteiger partial charge is 0.416 e. The second kappa shape index (κ2) is 7.85. The van der Waals surface area contributed by atoms with Crippen molar-refractivity contribution in [1.29, 1.82) is 0 Å². The lowest BCUT2D eigenvalue weighted by molar-refractivity contribution is -0.137. The number of amides is 1. The average molecular weight is 376 g/mol. The number of aromatic nitrogens is 2. The molecule has 0 unspecified atom stereocenters. The van der Waals surface area contributed by atoms with E-state index in [1.807, 2.05) is 6.92 Å². The number of anilines is 1. The summed E-state index contributed by atoms with van der Waals surface area (Å²) >= 11 is 7.19. The van der Waals surface area contributed by atoms with Gasteiger partial charge in [0, 0.05) is 17.9 Å². The number of alkyl halides is 3. The fraction of sp³-hybridized carbons (Fsp3) is 0.267. The van der Waals surface area contributed by atoms with Gasteiger partial charge >= 0.3 is 6.18 Å². The van der Waals surface area contributed by atoms with E-state index in [-0.39, 0.29) is 17.1 Å². The van der Waals surface area contributed by atoms with Crippen molar-refractivity contribution in [2.45, 2.75) is 24.5 Å². The van der Waals surface area contributed by atoms with Crippen molar-refractivity contribution in [3.63, 3.8) is 0 Å². The molecule has 0 aliphatic rings. The van der Waals surface area contributed by atoms with Crippen molar-refractivity contribution in [2.75, 3.05) is 11.1 Å². The molecule has 0 fully saturated rings. The van der Waals surface area contributed by atoms with Gasteiger partial charge in [0.25, 0.3) is 0 Å². The zero-order valence-electron chi connectivity index (χ0n) is 12.5. The van der Waals surface area contributed by atoms with Gasteiger partial charge in [0.2, 0.25) is 5.91 Å². The summed E-state index contributed by atoms with van der Waals surface area (Å²) in [6.07, 6.45) is -2.95. The Bertz CT molecular complexity index is 740. The van der Waals surface area contributed by atoms with Crippen molar-refractivity contribution in [2.24, 2.45) is 0 Å². The van der Waals surface area contributed by atoms with E-state index in [9.17, 15) is 18.0 Å². The molecular formula is C15H13ClF3N3OS. The number of nitrogens with zero attached hydrogens (tertiary/aromatic N) is 2. The molecule has 9 heteroatoms. The molecule has 0 aliphatic carbocycles. The van der Waals surface area contributed by atoms with Crippen LogP contribution in [0.4, 0.5) is 18.9 Å². The molecule has 1 heterocycles. The Labute approximate surface area is 145 Å². The third-order valence-corrected chi connectivity index (χ3v) is 4.18. The Hall–Kier alpha value is -1.80. The second-order valence-electron chi connectivity index (χ2n) is 4.84. The fourth-order valence-electron chi connectivity index (χ4n) is 1.77. The summed E-state index contributed by atoms with van der Waals surface area (Å²) in [4.78, 5) is 19.9. The number of carbonyl (C=O) groups excluding carboxylic acids is 1. The SMILES string of the molecule is Cc1cc(SCCC(=O)Nc2cc(C(F)(F)F)ccc2Cl)ncn1. The summed E-state index contributed by atoms with van der Waals surface area (Å²) < 4.78 is 38.1. The van der Waals surface area contributed by atoms with Gasteiger partial charge in [-0.1, -0.05) is 11.6 Å². The quantitative estimate of drug-likeness (QED) is 0.614. The van der Waals surface area contributed by atoms with Gasteiger partial charge in [-0.15, -0.1) is 11.8 Å². The van der Waals surface area contributed by atoms with Crippen molar-refractivity contribution >= 4 is 35.0 Å². The van der Waals surface area contributed by atoms with E-state index < -0.39 is 17.6 Å². The first-order valence-electron chi connectivity index (χ1n) is 6.84. The highest BCUT2D eigenvalue weighted by Gasteiger charge is 2.31. The van der Waals surface area contributed by atoms with Gasteiger partial charge in [0.05, 0.1) is 21.3 Å². The second-order valence-corrected chi connectivity index (χ2v) is 6.36. The van der Waals surface area contributed by atoms with Crippen LogP contribution in [0.1, 0.15) is 17.7 Å². The lowest BCUT2D eigenvalue weighted by Gasteiger charge is -2.11. The summed E-state index contributed by atoms with van der Waals surface area (Å²) in [5, 5.41) is 3.18. The van der Waals surface area contributed by atoms with Crippen molar-refractivity contribution < 1.29 is 18.0 Å². The molecule has 0 aliphatic heterocycles. The van der Waals surface area contributed by atoms with Crippen LogP contribution >= 0.6 is 23.4 Å². The van der Waals surface area contributed by atoms with Gasteiger partial charge < -0.3 is 5.32 Å². The maximum atomic E-state index is 12.7. The first-order chi connectivity index (χ1) is 11.3. The van der Waals surface area contributed by atoms with Crippen LogP contribution in [0, 0.1) is 6.92 Å². The zero-order chi connectivity index (χ0) is 17.7. The van der Waals surface area contributed by atoms with Crippen LogP contribution < -0.4 is 5.32 Å². The molecule has 1 aromatic heterocycles. The molecule has 0 bridgehead atoms. The maximum Gasteiger partial charge on any atom is 0.416 e. The van der Waals surface area contributed by atoms with Crippen LogP contribution in [0.15, 0.2) is 35.6 Å². The Kier molecular flexibility index (Phi) is 6.06. The predicted molar refractivity (Wildman–Crippen MR) is 87.2 cm³/mol. The van der Waals surface area contributed by atoms with E-state index in [2.05, 4.69) is 15.3 Å². The molecule has 24 heavy (non-hydrogen) atoms. The van der Waals surface area contributed by atoms with Crippen LogP contribution in [-0.4, -0.2) is 21.6 Å². The van der Waals surface area contributed by atoms with Gasteiger partial charge in [0.1, 0.15) is 6.33 Å². The third-order valence-electron chi connectivity index (χ3n) is 2.93. The normalized spacial score (nSPS) is 11.4. The number of aryl methyl sites for hydroxylation is 1. The number of hydrogen-bond donors (Lipinski definition) is 1. The van der Waals surface area contributed by atoms with E-state index >= 15 is 0 Å². The Balaban J connectivity index is 1.92. The number of carbonyl (C=O) groups is 1. The minimum Gasteiger partial charge on any atom is -0.325 e. The lowest BCUT2D eigenvalue weighted by atomic mass is 10.2. The lowest BCUT2D eigenvalue weighted by Crippen LogP contribution is -2.14. The van der Waals surface area contributed by atoms with E-state index in [1.54, 1.807) is 6.07 Å². The Morgan fingerprint density at radius 3 is 2.71 bits per heavy atom. The van der Waals surface area contributed by atoms with Crippen LogP contribution in [0.5, 0.6) is 0 Å². The van der Waals surface area contributed by atoms with Crippen molar-refractivity contribution in [1.82, 2.24) is 9.97 Å². The first kappa shape index (κ1) is 18.5. The summed E-state index contributed by atoms with van der Waals surface area (Å²) in [6.45, 7) is 1.83. The molecule has 0 radical (unpaired) electrons. The van der Waals surface area contributed by atoms with Gasteiger partial charge in [-0.05, 0) is 31.2 Å². The molecule has 0 saturated carbocycles. The highest BCUT2D eigenvalue weighted by molar-refractivity contribution is 7.99. The molecular weight excluding hydrogens is 363 g/mol.